The number of anilines is 1. The Labute approximate surface area is 188 Å². The topological polar surface area (TPSA) is 99.6 Å². The highest BCUT2D eigenvalue weighted by Crippen LogP contribution is 2.26. The second kappa shape index (κ2) is 10.9. The van der Waals surface area contributed by atoms with Crippen LogP contribution in [0.2, 0.25) is 0 Å². The van der Waals surface area contributed by atoms with Crippen molar-refractivity contribution in [2.75, 3.05) is 18.5 Å². The van der Waals surface area contributed by atoms with E-state index < -0.39 is 11.9 Å². The molecule has 0 aliphatic heterocycles. The third kappa shape index (κ3) is 6.76. The fraction of sp³-hybridized carbons (Fsp3) is 0.333. The highest BCUT2D eigenvalue weighted by molar-refractivity contribution is 7.17. The van der Waals surface area contributed by atoms with Crippen LogP contribution in [0.4, 0.5) is 5.13 Å². The van der Waals surface area contributed by atoms with E-state index in [1.807, 2.05) is 19.2 Å². The number of carbonyl (C=O) groups is 2. The molecule has 164 valence electrons. The van der Waals surface area contributed by atoms with Gasteiger partial charge in [0.1, 0.15) is 11.5 Å². The SMILES string of the molecule is CCOC(=O)c1nnc(NC(=O)c2cc(OCCc3ccsc3)cc(OC(C)C)c2)s1. The molecule has 0 fully saturated rings. The Morgan fingerprint density at radius 2 is 1.97 bits per heavy atom. The van der Waals surface area contributed by atoms with E-state index in [1.165, 1.54) is 5.56 Å². The highest BCUT2D eigenvalue weighted by atomic mass is 32.1. The molecule has 1 amide bonds. The van der Waals surface area contributed by atoms with Gasteiger partial charge < -0.3 is 14.2 Å². The van der Waals surface area contributed by atoms with Crippen LogP contribution in [0, 0.1) is 0 Å². The van der Waals surface area contributed by atoms with Gasteiger partial charge in [-0.2, -0.15) is 11.3 Å². The first-order valence-corrected chi connectivity index (χ1v) is 11.5. The van der Waals surface area contributed by atoms with Crippen LogP contribution < -0.4 is 14.8 Å². The maximum absolute atomic E-state index is 12.8. The van der Waals surface area contributed by atoms with Crippen molar-refractivity contribution in [3.8, 4) is 11.5 Å². The number of ether oxygens (including phenoxy) is 3. The van der Waals surface area contributed by atoms with Gasteiger partial charge in [-0.25, -0.2) is 4.79 Å². The molecular weight excluding hydrogens is 438 g/mol. The Balaban J connectivity index is 1.71. The first kappa shape index (κ1) is 22.7. The van der Waals surface area contributed by atoms with Crippen molar-refractivity contribution >= 4 is 39.7 Å². The van der Waals surface area contributed by atoms with E-state index in [0.717, 1.165) is 17.8 Å². The monoisotopic (exact) mass is 461 g/mol. The summed E-state index contributed by atoms with van der Waals surface area (Å²) in [7, 11) is 0. The number of carbonyl (C=O) groups excluding carboxylic acids is 2. The van der Waals surface area contributed by atoms with Gasteiger partial charge in [-0.1, -0.05) is 11.3 Å². The van der Waals surface area contributed by atoms with Crippen LogP contribution in [0.3, 0.4) is 0 Å². The molecule has 0 saturated carbocycles. The number of amides is 1. The molecule has 3 aromatic rings. The van der Waals surface area contributed by atoms with E-state index in [4.69, 9.17) is 14.2 Å². The summed E-state index contributed by atoms with van der Waals surface area (Å²) < 4.78 is 16.5. The minimum Gasteiger partial charge on any atom is -0.493 e. The van der Waals surface area contributed by atoms with E-state index in [-0.39, 0.29) is 22.9 Å². The van der Waals surface area contributed by atoms with E-state index in [9.17, 15) is 9.59 Å². The second-order valence-electron chi connectivity index (χ2n) is 6.68. The Morgan fingerprint density at radius 3 is 2.68 bits per heavy atom. The molecule has 0 bridgehead atoms. The predicted molar refractivity (Wildman–Crippen MR) is 120 cm³/mol. The van der Waals surface area contributed by atoms with Crippen LogP contribution in [-0.4, -0.2) is 41.4 Å². The molecule has 0 spiro atoms. The van der Waals surface area contributed by atoms with Gasteiger partial charge >= 0.3 is 5.97 Å². The normalized spacial score (nSPS) is 10.7. The molecule has 0 atom stereocenters. The summed E-state index contributed by atoms with van der Waals surface area (Å²) in [6.45, 7) is 6.22. The number of hydrogen-bond donors (Lipinski definition) is 1. The molecule has 10 heteroatoms. The molecule has 0 aliphatic rings. The quantitative estimate of drug-likeness (QED) is 0.446. The number of nitrogens with one attached hydrogen (secondary N) is 1. The maximum atomic E-state index is 12.8. The van der Waals surface area contributed by atoms with Gasteiger partial charge in [0.2, 0.25) is 10.1 Å². The van der Waals surface area contributed by atoms with Gasteiger partial charge in [0, 0.05) is 18.1 Å². The zero-order chi connectivity index (χ0) is 22.2. The lowest BCUT2D eigenvalue weighted by Crippen LogP contribution is -2.13. The maximum Gasteiger partial charge on any atom is 0.369 e. The Bertz CT molecular complexity index is 1020. The first-order valence-electron chi connectivity index (χ1n) is 9.72. The van der Waals surface area contributed by atoms with Gasteiger partial charge in [-0.05, 0) is 55.3 Å². The molecule has 31 heavy (non-hydrogen) atoms. The minimum absolute atomic E-state index is 0.0627. The van der Waals surface area contributed by atoms with E-state index in [0.29, 0.717) is 23.7 Å². The zero-order valence-corrected chi connectivity index (χ0v) is 19.0. The molecule has 8 nitrogen and oxygen atoms in total. The number of rotatable bonds is 10. The first-order chi connectivity index (χ1) is 14.9. The lowest BCUT2D eigenvalue weighted by molar-refractivity contribution is 0.0525. The molecule has 0 unspecified atom stereocenters. The van der Waals surface area contributed by atoms with E-state index >= 15 is 0 Å². The number of thiophene rings is 1. The highest BCUT2D eigenvalue weighted by Gasteiger charge is 2.17. The summed E-state index contributed by atoms with van der Waals surface area (Å²) in [5, 5.41) is 14.6. The number of benzene rings is 1. The standard InChI is InChI=1S/C21H23N3O5S2/c1-4-27-20(26)19-23-24-21(31-19)22-18(25)15-9-16(11-17(10-15)29-13(2)3)28-7-5-14-6-8-30-12-14/h6,8-13H,4-5,7H2,1-3H3,(H,22,24,25). The molecule has 0 aliphatic carbocycles. The van der Waals surface area contributed by atoms with Crippen LogP contribution in [0.1, 0.15) is 46.5 Å². The zero-order valence-electron chi connectivity index (χ0n) is 17.4. The summed E-state index contributed by atoms with van der Waals surface area (Å²) in [6.07, 6.45) is 0.703. The van der Waals surface area contributed by atoms with Crippen molar-refractivity contribution < 1.29 is 23.8 Å². The Kier molecular flexibility index (Phi) is 7.96. The van der Waals surface area contributed by atoms with Crippen molar-refractivity contribution in [2.45, 2.75) is 33.3 Å². The third-order valence-electron chi connectivity index (χ3n) is 3.85. The van der Waals surface area contributed by atoms with Crippen molar-refractivity contribution in [3.05, 3.63) is 51.2 Å². The van der Waals surface area contributed by atoms with Crippen LogP contribution in [-0.2, 0) is 11.2 Å². The summed E-state index contributed by atoms with van der Waals surface area (Å²) in [5.41, 5.74) is 1.54. The largest absolute Gasteiger partial charge is 0.493 e. The van der Waals surface area contributed by atoms with Gasteiger partial charge in [-0.3, -0.25) is 10.1 Å². The molecule has 2 heterocycles. The predicted octanol–water partition coefficient (Wildman–Crippen LogP) is 4.44. The molecule has 0 saturated heterocycles. The van der Waals surface area contributed by atoms with Gasteiger partial charge in [0.05, 0.1) is 19.3 Å². The van der Waals surface area contributed by atoms with Crippen LogP contribution in [0.5, 0.6) is 11.5 Å². The Hall–Kier alpha value is -2.98. The Morgan fingerprint density at radius 1 is 1.16 bits per heavy atom. The van der Waals surface area contributed by atoms with E-state index in [2.05, 4.69) is 27.0 Å². The summed E-state index contributed by atoms with van der Waals surface area (Å²) >= 11 is 2.59. The smallest absolute Gasteiger partial charge is 0.369 e. The number of nitrogens with zero attached hydrogens (tertiary/aromatic N) is 2. The summed E-state index contributed by atoms with van der Waals surface area (Å²) in [5.74, 6) is 0.0678. The van der Waals surface area contributed by atoms with Crippen LogP contribution in [0.25, 0.3) is 0 Å². The van der Waals surface area contributed by atoms with E-state index in [1.54, 1.807) is 36.5 Å². The number of esters is 1. The fourth-order valence-electron chi connectivity index (χ4n) is 2.57. The summed E-state index contributed by atoms with van der Waals surface area (Å²) in [4.78, 5) is 24.5. The van der Waals surface area contributed by atoms with Gasteiger partial charge in [0.25, 0.3) is 5.91 Å². The van der Waals surface area contributed by atoms with Crippen LogP contribution >= 0.6 is 22.7 Å². The average Bonchev–Trinajstić information content (AvgIpc) is 3.40. The van der Waals surface area contributed by atoms with Gasteiger partial charge in [0.15, 0.2) is 0 Å². The summed E-state index contributed by atoms with van der Waals surface area (Å²) in [6, 6.07) is 7.09. The third-order valence-corrected chi connectivity index (χ3v) is 5.40. The second-order valence-corrected chi connectivity index (χ2v) is 8.43. The fourth-order valence-corrected chi connectivity index (χ4v) is 3.90. The lowest BCUT2D eigenvalue weighted by Gasteiger charge is -2.14. The van der Waals surface area contributed by atoms with Gasteiger partial charge in [-0.15, -0.1) is 10.2 Å². The molecule has 1 N–H and O–H groups in total. The molecular formula is C21H23N3O5S2. The van der Waals surface area contributed by atoms with Crippen LogP contribution in [0.15, 0.2) is 35.0 Å². The minimum atomic E-state index is -0.575. The molecule has 0 radical (unpaired) electrons. The van der Waals surface area contributed by atoms with Crippen molar-refractivity contribution in [3.63, 3.8) is 0 Å². The number of hydrogen-bond acceptors (Lipinski definition) is 9. The average molecular weight is 462 g/mol. The van der Waals surface area contributed by atoms with Crippen molar-refractivity contribution in [1.29, 1.82) is 0 Å². The van der Waals surface area contributed by atoms with Crippen molar-refractivity contribution in [1.82, 2.24) is 10.2 Å². The molecule has 1 aromatic carbocycles. The molecule has 3 rings (SSSR count). The number of aromatic nitrogens is 2. The van der Waals surface area contributed by atoms with Crippen molar-refractivity contribution in [2.24, 2.45) is 0 Å². The molecule has 2 aromatic heterocycles. The lowest BCUT2D eigenvalue weighted by atomic mass is 10.2.